The fraction of sp³-hybridized carbons (Fsp3) is 0.455. The lowest BCUT2D eigenvalue weighted by Gasteiger charge is -2.24. The molecule has 1 atom stereocenters. The average Bonchev–Trinajstić information content (AvgIpc) is 2.68. The number of aromatic amines is 1. The summed E-state index contributed by atoms with van der Waals surface area (Å²) >= 11 is 3.37. The van der Waals surface area contributed by atoms with Crippen molar-refractivity contribution in [2.24, 2.45) is 5.73 Å². The topological polar surface area (TPSA) is 151 Å². The SMILES string of the molecule is CCCCC(CNc1nc(Nc2cccc(Br)c2)c(C(N)=O)c(=O)[nH]1)NC(=O)OC(C)(C)C. The molecule has 180 valence electrons. The molecular formula is C22H31BrN6O4. The van der Waals surface area contributed by atoms with E-state index in [0.29, 0.717) is 12.1 Å². The van der Waals surface area contributed by atoms with Gasteiger partial charge in [-0.2, -0.15) is 4.98 Å². The molecule has 1 aromatic heterocycles. The van der Waals surface area contributed by atoms with E-state index in [2.05, 4.69) is 48.8 Å². The highest BCUT2D eigenvalue weighted by molar-refractivity contribution is 9.10. The lowest BCUT2D eigenvalue weighted by atomic mass is 10.1. The number of aromatic nitrogens is 2. The van der Waals surface area contributed by atoms with Crippen molar-refractivity contribution >= 4 is 45.4 Å². The fourth-order valence-electron chi connectivity index (χ4n) is 2.95. The van der Waals surface area contributed by atoms with Gasteiger partial charge in [-0.1, -0.05) is 41.8 Å². The minimum absolute atomic E-state index is 0.0251. The maximum Gasteiger partial charge on any atom is 0.407 e. The highest BCUT2D eigenvalue weighted by Crippen LogP contribution is 2.21. The van der Waals surface area contributed by atoms with Crippen LogP contribution in [0, 0.1) is 0 Å². The second kappa shape index (κ2) is 11.7. The smallest absolute Gasteiger partial charge is 0.407 e. The molecule has 1 heterocycles. The molecule has 0 aliphatic rings. The van der Waals surface area contributed by atoms with E-state index >= 15 is 0 Å². The van der Waals surface area contributed by atoms with Crippen LogP contribution < -0.4 is 27.2 Å². The summed E-state index contributed by atoms with van der Waals surface area (Å²) in [6.45, 7) is 7.72. The summed E-state index contributed by atoms with van der Waals surface area (Å²) in [6.07, 6.45) is 2.03. The van der Waals surface area contributed by atoms with E-state index < -0.39 is 23.2 Å². The molecule has 0 fully saturated rings. The summed E-state index contributed by atoms with van der Waals surface area (Å²) in [6, 6.07) is 6.90. The van der Waals surface area contributed by atoms with Crippen LogP contribution in [0.4, 0.5) is 22.2 Å². The Bertz CT molecular complexity index is 1030. The number of rotatable bonds is 10. The summed E-state index contributed by atoms with van der Waals surface area (Å²) in [5, 5.41) is 8.84. The summed E-state index contributed by atoms with van der Waals surface area (Å²) in [7, 11) is 0. The minimum Gasteiger partial charge on any atom is -0.444 e. The van der Waals surface area contributed by atoms with E-state index in [1.54, 1.807) is 39.0 Å². The first kappa shape index (κ1) is 26.2. The second-order valence-electron chi connectivity index (χ2n) is 8.50. The van der Waals surface area contributed by atoms with E-state index in [0.717, 1.165) is 17.3 Å². The number of unbranched alkanes of at least 4 members (excludes halogenated alkanes) is 1. The molecule has 0 saturated heterocycles. The summed E-state index contributed by atoms with van der Waals surface area (Å²) in [5.41, 5.74) is 4.44. The van der Waals surface area contributed by atoms with Gasteiger partial charge in [0.2, 0.25) is 5.95 Å². The first-order valence-corrected chi connectivity index (χ1v) is 11.5. The molecule has 6 N–H and O–H groups in total. The van der Waals surface area contributed by atoms with Crippen molar-refractivity contribution in [1.29, 1.82) is 0 Å². The third-order valence-corrected chi connectivity index (χ3v) is 4.89. The Balaban J connectivity index is 2.22. The van der Waals surface area contributed by atoms with Crippen LogP contribution >= 0.6 is 15.9 Å². The Labute approximate surface area is 201 Å². The van der Waals surface area contributed by atoms with E-state index in [1.807, 2.05) is 6.07 Å². The number of hydrogen-bond acceptors (Lipinski definition) is 7. The van der Waals surface area contributed by atoms with E-state index in [1.165, 1.54) is 0 Å². The number of H-pyrrole nitrogens is 1. The molecule has 0 aliphatic carbocycles. The number of halogens is 1. The first-order chi connectivity index (χ1) is 15.5. The largest absolute Gasteiger partial charge is 0.444 e. The molecule has 0 radical (unpaired) electrons. The van der Waals surface area contributed by atoms with Crippen LogP contribution in [-0.2, 0) is 4.74 Å². The summed E-state index contributed by atoms with van der Waals surface area (Å²) < 4.78 is 6.15. The number of nitrogens with zero attached hydrogens (tertiary/aromatic N) is 1. The van der Waals surface area contributed by atoms with Gasteiger partial charge in [0.15, 0.2) is 5.82 Å². The molecule has 0 saturated carbocycles. The normalized spacial score (nSPS) is 12.0. The number of nitrogens with two attached hydrogens (primary N) is 1. The van der Waals surface area contributed by atoms with Gasteiger partial charge in [-0.05, 0) is 45.4 Å². The van der Waals surface area contributed by atoms with Crippen molar-refractivity contribution in [2.45, 2.75) is 58.6 Å². The van der Waals surface area contributed by atoms with Gasteiger partial charge in [0.1, 0.15) is 11.2 Å². The lowest BCUT2D eigenvalue weighted by Crippen LogP contribution is -2.42. The van der Waals surface area contributed by atoms with Crippen LogP contribution in [0.25, 0.3) is 0 Å². The minimum atomic E-state index is -0.903. The highest BCUT2D eigenvalue weighted by Gasteiger charge is 2.21. The number of benzene rings is 1. The fourth-order valence-corrected chi connectivity index (χ4v) is 3.35. The molecular weight excluding hydrogens is 492 g/mol. The second-order valence-corrected chi connectivity index (χ2v) is 9.42. The molecule has 11 heteroatoms. The van der Waals surface area contributed by atoms with Crippen molar-refractivity contribution in [3.8, 4) is 0 Å². The summed E-state index contributed by atoms with van der Waals surface area (Å²) in [4.78, 5) is 43.5. The zero-order valence-electron chi connectivity index (χ0n) is 19.3. The van der Waals surface area contributed by atoms with Gasteiger partial charge in [0.05, 0.1) is 0 Å². The number of anilines is 3. The van der Waals surface area contributed by atoms with Gasteiger partial charge in [-0.25, -0.2) is 4.79 Å². The third kappa shape index (κ3) is 8.76. The predicted octanol–water partition coefficient (Wildman–Crippen LogP) is 3.87. The number of carbonyl (C=O) groups is 2. The van der Waals surface area contributed by atoms with Crippen molar-refractivity contribution < 1.29 is 14.3 Å². The van der Waals surface area contributed by atoms with Gasteiger partial charge >= 0.3 is 6.09 Å². The van der Waals surface area contributed by atoms with E-state index in [4.69, 9.17) is 10.5 Å². The molecule has 2 amide bonds. The van der Waals surface area contributed by atoms with Crippen molar-refractivity contribution in [3.05, 3.63) is 44.7 Å². The summed E-state index contributed by atoms with van der Waals surface area (Å²) in [5.74, 6) is -0.743. The van der Waals surface area contributed by atoms with Crippen LogP contribution in [0.1, 0.15) is 57.3 Å². The molecule has 10 nitrogen and oxygen atoms in total. The monoisotopic (exact) mass is 522 g/mol. The maximum absolute atomic E-state index is 12.5. The average molecular weight is 523 g/mol. The molecule has 0 bridgehead atoms. The molecule has 2 aromatic rings. The molecule has 2 rings (SSSR count). The Morgan fingerprint density at radius 1 is 1.30 bits per heavy atom. The quantitative estimate of drug-likeness (QED) is 0.317. The van der Waals surface area contributed by atoms with Gasteiger partial charge in [-0.3, -0.25) is 14.6 Å². The maximum atomic E-state index is 12.5. The number of ether oxygens (including phenoxy) is 1. The van der Waals surface area contributed by atoms with Gasteiger partial charge in [0, 0.05) is 22.7 Å². The standard InChI is InChI=1S/C22H31BrN6O4/c1-5-6-9-15(27-21(32)33-22(2,3)4)12-25-20-28-18(16(17(24)30)19(31)29-20)26-14-10-7-8-13(23)11-14/h7-8,10-11,15H,5-6,9,12H2,1-4H3,(H2,24,30)(H,27,32)(H3,25,26,28,29,31). The van der Waals surface area contributed by atoms with Gasteiger partial charge < -0.3 is 26.4 Å². The zero-order valence-corrected chi connectivity index (χ0v) is 20.8. The van der Waals surface area contributed by atoms with Crippen LogP contribution in [0.15, 0.2) is 33.5 Å². The third-order valence-electron chi connectivity index (χ3n) is 4.40. The Hall–Kier alpha value is -3.08. The Kier molecular flexibility index (Phi) is 9.27. The number of nitrogens with one attached hydrogen (secondary N) is 4. The zero-order chi connectivity index (χ0) is 24.6. The van der Waals surface area contributed by atoms with Crippen molar-refractivity contribution in [3.63, 3.8) is 0 Å². The number of primary amides is 1. The van der Waals surface area contributed by atoms with Crippen LogP contribution in [0.2, 0.25) is 0 Å². The van der Waals surface area contributed by atoms with Crippen LogP contribution in [0.5, 0.6) is 0 Å². The van der Waals surface area contributed by atoms with Crippen molar-refractivity contribution in [2.75, 3.05) is 17.2 Å². The number of alkyl carbamates (subject to hydrolysis) is 1. The van der Waals surface area contributed by atoms with Gasteiger partial charge in [0.25, 0.3) is 11.5 Å². The first-order valence-electron chi connectivity index (χ1n) is 10.7. The lowest BCUT2D eigenvalue weighted by molar-refractivity contribution is 0.0504. The van der Waals surface area contributed by atoms with Crippen LogP contribution in [0.3, 0.4) is 0 Å². The van der Waals surface area contributed by atoms with Crippen LogP contribution in [-0.4, -0.2) is 40.2 Å². The predicted molar refractivity (Wildman–Crippen MR) is 132 cm³/mol. The Morgan fingerprint density at radius 2 is 2.03 bits per heavy atom. The van der Waals surface area contributed by atoms with E-state index in [-0.39, 0.29) is 29.9 Å². The van der Waals surface area contributed by atoms with E-state index in [9.17, 15) is 14.4 Å². The Morgan fingerprint density at radius 3 is 2.64 bits per heavy atom. The van der Waals surface area contributed by atoms with Crippen molar-refractivity contribution in [1.82, 2.24) is 15.3 Å². The number of hydrogen-bond donors (Lipinski definition) is 5. The molecule has 0 spiro atoms. The molecule has 1 aromatic carbocycles. The molecule has 1 unspecified atom stereocenters. The highest BCUT2D eigenvalue weighted by atomic mass is 79.9. The number of amides is 2. The molecule has 33 heavy (non-hydrogen) atoms. The number of carbonyl (C=O) groups excluding carboxylic acids is 2. The molecule has 0 aliphatic heterocycles. The van der Waals surface area contributed by atoms with Gasteiger partial charge in [-0.15, -0.1) is 0 Å².